The standard InChI is InChI=1S/C49H39N2O.C16H18N.Ir/c1-31(2)42-28-38(36-24-22-35(23-25-36)33-14-7-5-8-15-33)29-43(32(3)4)47(42)51-45-21-12-11-20-44(45)50-49(51)41-19-13-18-40-39-27-26-37(30-46(39)52-48(40)41)34-16-9-6-10-17-34;1-16(2,3)11-13-9-10-15(17-12-13)14-7-5-4-6-8-14;/h5-18,20-32H,1-4H3;4-7,9-10,12H,11H2,1-3H3;/q2*-1;/i;11D2;. The molecule has 5 heteroatoms. The monoisotopic (exact) mass is 1090 g/mol. The molecule has 0 bridgehead atoms. The largest absolute Gasteiger partial charge is 0.501 e. The summed E-state index contributed by atoms with van der Waals surface area (Å²) in [6.07, 6.45) is 0.223. The number of rotatable bonds is 9. The molecule has 0 N–H and O–H groups in total. The topological polar surface area (TPSA) is 43.9 Å². The first-order valence-electron chi connectivity index (χ1n) is 24.9. The second-order valence-electron chi connectivity index (χ2n) is 19.4. The molecule has 1 radical (unpaired) electrons. The Bertz CT molecular complexity index is 3600. The van der Waals surface area contributed by atoms with Gasteiger partial charge >= 0.3 is 0 Å². The van der Waals surface area contributed by atoms with E-state index in [1.807, 2.05) is 69.3 Å². The van der Waals surface area contributed by atoms with Crippen molar-refractivity contribution in [1.29, 1.82) is 0 Å². The molecule has 0 aliphatic rings. The number of hydrogen-bond donors (Lipinski definition) is 0. The van der Waals surface area contributed by atoms with Gasteiger partial charge in [0.2, 0.25) is 0 Å². The summed E-state index contributed by atoms with van der Waals surface area (Å²) >= 11 is 0. The molecule has 3 heterocycles. The number of hydrogen-bond acceptors (Lipinski definition) is 3. The second kappa shape index (κ2) is 20.4. The molecule has 0 saturated heterocycles. The molecule has 11 rings (SSSR count). The Morgan fingerprint density at radius 1 is 0.586 bits per heavy atom. The minimum Gasteiger partial charge on any atom is -0.501 e. The molecule has 4 nitrogen and oxygen atoms in total. The predicted octanol–water partition coefficient (Wildman–Crippen LogP) is 17.8. The maximum Gasteiger partial charge on any atom is 0.121 e. The van der Waals surface area contributed by atoms with Crippen LogP contribution in [-0.2, 0) is 26.5 Å². The molecule has 0 aliphatic carbocycles. The van der Waals surface area contributed by atoms with Gasteiger partial charge in [-0.15, -0.1) is 54.1 Å². The molecular weight excluding hydrogens is 1030 g/mol. The van der Waals surface area contributed by atoms with Crippen molar-refractivity contribution in [2.45, 2.75) is 66.7 Å². The number of benzene rings is 8. The normalized spacial score (nSPS) is 12.2. The molecular formula is C65H57IrN3O-2. The maximum absolute atomic E-state index is 8.21. The number of pyridine rings is 1. The van der Waals surface area contributed by atoms with E-state index in [2.05, 4.69) is 189 Å². The summed E-state index contributed by atoms with van der Waals surface area (Å²) in [6, 6.07) is 71.9. The van der Waals surface area contributed by atoms with E-state index in [1.165, 1.54) is 39.1 Å². The Balaban J connectivity index is 0.000000270. The van der Waals surface area contributed by atoms with Crippen LogP contribution in [0.25, 0.3) is 94.7 Å². The van der Waals surface area contributed by atoms with Crippen LogP contribution in [0.3, 0.4) is 0 Å². The molecule has 3 aromatic heterocycles. The van der Waals surface area contributed by atoms with Crippen LogP contribution >= 0.6 is 0 Å². The zero-order chi connectivity index (χ0) is 49.4. The van der Waals surface area contributed by atoms with E-state index < -0.39 is 11.8 Å². The fourth-order valence-electron chi connectivity index (χ4n) is 9.22. The molecule has 0 amide bonds. The fraction of sp³-hybridized carbons (Fsp3) is 0.169. The summed E-state index contributed by atoms with van der Waals surface area (Å²) in [5, 5.41) is 2.14. The van der Waals surface area contributed by atoms with Crippen LogP contribution < -0.4 is 0 Å². The van der Waals surface area contributed by atoms with Crippen LogP contribution in [-0.4, -0.2) is 14.5 Å². The van der Waals surface area contributed by atoms with Crippen molar-refractivity contribution in [2.24, 2.45) is 5.41 Å². The smallest absolute Gasteiger partial charge is 0.121 e. The molecule has 0 atom stereocenters. The van der Waals surface area contributed by atoms with Gasteiger partial charge in [0.05, 0.1) is 22.4 Å². The number of furan rings is 1. The van der Waals surface area contributed by atoms with E-state index in [0.717, 1.165) is 66.7 Å². The molecule has 0 unspecified atom stereocenters. The zero-order valence-corrected chi connectivity index (χ0v) is 43.1. The van der Waals surface area contributed by atoms with Gasteiger partial charge < -0.3 is 14.0 Å². The average Bonchev–Trinajstić information content (AvgIpc) is 3.97. The van der Waals surface area contributed by atoms with Crippen LogP contribution in [0.2, 0.25) is 0 Å². The average molecular weight is 1090 g/mol. The number of para-hydroxylation sites is 2. The number of nitrogens with zero attached hydrogens (tertiary/aromatic N) is 3. The molecule has 11 aromatic rings. The van der Waals surface area contributed by atoms with E-state index in [-0.39, 0.29) is 31.9 Å². The van der Waals surface area contributed by atoms with Gasteiger partial charge in [-0.3, -0.25) is 4.98 Å². The van der Waals surface area contributed by atoms with Gasteiger partial charge in [-0.25, -0.2) is 0 Å². The van der Waals surface area contributed by atoms with Crippen LogP contribution in [0.4, 0.5) is 0 Å². The van der Waals surface area contributed by atoms with E-state index in [4.69, 9.17) is 12.1 Å². The van der Waals surface area contributed by atoms with Crippen molar-refractivity contribution in [2.75, 3.05) is 0 Å². The summed E-state index contributed by atoms with van der Waals surface area (Å²) in [4.78, 5) is 9.69. The van der Waals surface area contributed by atoms with E-state index in [1.54, 1.807) is 6.20 Å². The van der Waals surface area contributed by atoms with Gasteiger partial charge in [-0.1, -0.05) is 181 Å². The minimum absolute atomic E-state index is 0. The Labute approximate surface area is 429 Å². The molecule has 0 saturated carbocycles. The van der Waals surface area contributed by atoms with Crippen molar-refractivity contribution < 1.29 is 27.3 Å². The van der Waals surface area contributed by atoms with E-state index in [9.17, 15) is 0 Å². The number of imidazole rings is 1. The Morgan fingerprint density at radius 2 is 1.19 bits per heavy atom. The van der Waals surface area contributed by atoms with Gasteiger partial charge in [0, 0.05) is 40.1 Å². The van der Waals surface area contributed by atoms with Crippen LogP contribution in [0, 0.1) is 17.5 Å². The van der Waals surface area contributed by atoms with Crippen molar-refractivity contribution in [3.8, 4) is 61.7 Å². The maximum atomic E-state index is 8.21. The summed E-state index contributed by atoms with van der Waals surface area (Å²) in [7, 11) is 0. The van der Waals surface area contributed by atoms with E-state index >= 15 is 0 Å². The molecule has 0 aliphatic heterocycles. The van der Waals surface area contributed by atoms with Crippen molar-refractivity contribution >= 4 is 33.0 Å². The Kier molecular flexibility index (Phi) is 13.2. The van der Waals surface area contributed by atoms with Gasteiger partial charge in [0.25, 0.3) is 0 Å². The summed E-state index contributed by atoms with van der Waals surface area (Å²) in [6.45, 7) is 14.9. The third-order valence-electron chi connectivity index (χ3n) is 12.6. The van der Waals surface area contributed by atoms with Crippen molar-refractivity contribution in [1.82, 2.24) is 14.5 Å². The Morgan fingerprint density at radius 3 is 1.80 bits per heavy atom. The van der Waals surface area contributed by atoms with Crippen molar-refractivity contribution in [3.63, 3.8) is 0 Å². The van der Waals surface area contributed by atoms with Gasteiger partial charge in [-0.2, -0.15) is 0 Å². The SMILES string of the molecule is CC(C)c1cc(-c2ccc(-c3ccccc3)cc2)cc(C(C)C)c1-n1c(-c2[c-]ccc3c2oc2cc(-c4ccccc4)ccc23)nc2ccccc21.[2H]C([2H])(c1ccc(-c2[c-]cccc2)nc1)C(C)(C)C.[Ir]. The van der Waals surface area contributed by atoms with Crippen LogP contribution in [0.1, 0.15) is 79.7 Å². The molecule has 8 aromatic carbocycles. The minimum atomic E-state index is -1.40. The summed E-state index contributed by atoms with van der Waals surface area (Å²) in [5.74, 6) is 1.35. The quantitative estimate of drug-likeness (QED) is 0.135. The molecule has 349 valence electrons. The number of fused-ring (bicyclic) bond motifs is 4. The van der Waals surface area contributed by atoms with Gasteiger partial charge in [-0.05, 0) is 110 Å². The first-order valence-corrected chi connectivity index (χ1v) is 23.9. The Hall–Kier alpha value is -7.17. The van der Waals surface area contributed by atoms with Crippen molar-refractivity contribution in [3.05, 3.63) is 223 Å². The number of aromatic nitrogens is 3. The van der Waals surface area contributed by atoms with Gasteiger partial charge in [0.15, 0.2) is 0 Å². The molecule has 70 heavy (non-hydrogen) atoms. The van der Waals surface area contributed by atoms with Crippen LogP contribution in [0.5, 0.6) is 0 Å². The first kappa shape index (κ1) is 45.3. The zero-order valence-electron chi connectivity index (χ0n) is 42.7. The predicted molar refractivity (Wildman–Crippen MR) is 289 cm³/mol. The first-order chi connectivity index (χ1) is 34.3. The molecule has 0 spiro atoms. The summed E-state index contributed by atoms with van der Waals surface area (Å²) < 4.78 is 25.6. The van der Waals surface area contributed by atoms with E-state index in [0.29, 0.717) is 5.56 Å². The molecule has 0 fully saturated rings. The summed E-state index contributed by atoms with van der Waals surface area (Å²) in [5.41, 5.74) is 17.3. The van der Waals surface area contributed by atoms with Crippen LogP contribution in [0.15, 0.2) is 199 Å². The fourth-order valence-corrected chi connectivity index (χ4v) is 9.22. The van der Waals surface area contributed by atoms with Gasteiger partial charge in [0.1, 0.15) is 5.58 Å². The third kappa shape index (κ3) is 9.96. The third-order valence-corrected chi connectivity index (χ3v) is 12.6. The second-order valence-corrected chi connectivity index (χ2v) is 19.4.